The molecule has 0 bridgehead atoms. The third-order valence-electron chi connectivity index (χ3n) is 4.94. The van der Waals surface area contributed by atoms with Gasteiger partial charge in [0.05, 0.1) is 12.6 Å². The molecular formula is C24H22N2O4. The first-order valence-corrected chi connectivity index (χ1v) is 9.73. The van der Waals surface area contributed by atoms with Crippen molar-refractivity contribution in [1.82, 2.24) is 10.6 Å². The van der Waals surface area contributed by atoms with Crippen LogP contribution in [0.15, 0.2) is 72.8 Å². The Balaban J connectivity index is 1.30. The third kappa shape index (κ3) is 4.43. The number of fused-ring (bicyclic) bond motifs is 1. The molecule has 0 fully saturated rings. The second kappa shape index (κ2) is 8.69. The summed E-state index contributed by atoms with van der Waals surface area (Å²) in [6, 6.07) is 22.9. The lowest BCUT2D eigenvalue weighted by molar-refractivity contribution is -0.120. The molecule has 1 aliphatic heterocycles. The molecular weight excluding hydrogens is 380 g/mol. The van der Waals surface area contributed by atoms with E-state index in [0.717, 1.165) is 16.7 Å². The largest absolute Gasteiger partial charge is 0.454 e. The van der Waals surface area contributed by atoms with Crippen LogP contribution in [0.2, 0.25) is 0 Å². The molecule has 6 nitrogen and oxygen atoms in total. The van der Waals surface area contributed by atoms with Crippen LogP contribution in [0, 0.1) is 0 Å². The lowest BCUT2D eigenvalue weighted by Gasteiger charge is -2.15. The molecule has 1 atom stereocenters. The van der Waals surface area contributed by atoms with Crippen LogP contribution in [0.1, 0.15) is 28.9 Å². The van der Waals surface area contributed by atoms with Crippen LogP contribution in [-0.4, -0.2) is 25.2 Å². The van der Waals surface area contributed by atoms with Crippen molar-refractivity contribution in [1.29, 1.82) is 0 Å². The Hall–Kier alpha value is -3.80. The van der Waals surface area contributed by atoms with Gasteiger partial charge in [-0.2, -0.15) is 0 Å². The van der Waals surface area contributed by atoms with Gasteiger partial charge in [0, 0.05) is 5.56 Å². The van der Waals surface area contributed by atoms with Gasteiger partial charge in [0.1, 0.15) is 0 Å². The quantitative estimate of drug-likeness (QED) is 0.659. The average molecular weight is 402 g/mol. The van der Waals surface area contributed by atoms with Gasteiger partial charge in [0.15, 0.2) is 11.5 Å². The number of benzene rings is 3. The molecule has 3 aromatic rings. The maximum absolute atomic E-state index is 12.3. The van der Waals surface area contributed by atoms with E-state index in [9.17, 15) is 9.59 Å². The van der Waals surface area contributed by atoms with E-state index >= 15 is 0 Å². The lowest BCUT2D eigenvalue weighted by atomic mass is 10.0. The monoisotopic (exact) mass is 402 g/mol. The molecule has 1 aliphatic rings. The summed E-state index contributed by atoms with van der Waals surface area (Å²) >= 11 is 0. The summed E-state index contributed by atoms with van der Waals surface area (Å²) in [5, 5.41) is 5.54. The minimum Gasteiger partial charge on any atom is -0.454 e. The molecule has 152 valence electrons. The molecule has 1 heterocycles. The van der Waals surface area contributed by atoms with Crippen molar-refractivity contribution in [3.8, 4) is 22.6 Å². The SMILES string of the molecule is C[C@H](NC(=O)CNC(=O)c1ccc2c(c1)OCO2)c1ccc(-c2ccccc2)cc1. The molecule has 0 unspecified atom stereocenters. The second-order valence-electron chi connectivity index (χ2n) is 7.03. The van der Waals surface area contributed by atoms with E-state index in [1.165, 1.54) is 0 Å². The summed E-state index contributed by atoms with van der Waals surface area (Å²) in [5.41, 5.74) is 3.67. The first-order chi connectivity index (χ1) is 14.6. The minimum absolute atomic E-state index is 0.111. The number of ether oxygens (including phenoxy) is 2. The topological polar surface area (TPSA) is 76.7 Å². The van der Waals surface area contributed by atoms with Crippen molar-refractivity contribution < 1.29 is 19.1 Å². The highest BCUT2D eigenvalue weighted by atomic mass is 16.7. The number of rotatable bonds is 6. The van der Waals surface area contributed by atoms with Crippen molar-refractivity contribution in [2.24, 2.45) is 0 Å². The van der Waals surface area contributed by atoms with Crippen LogP contribution >= 0.6 is 0 Å². The van der Waals surface area contributed by atoms with Gasteiger partial charge in [-0.25, -0.2) is 0 Å². The third-order valence-corrected chi connectivity index (χ3v) is 4.94. The molecule has 0 aromatic heterocycles. The van der Waals surface area contributed by atoms with Crippen LogP contribution in [0.25, 0.3) is 11.1 Å². The number of carbonyl (C=O) groups is 2. The van der Waals surface area contributed by atoms with Gasteiger partial charge in [-0.15, -0.1) is 0 Å². The van der Waals surface area contributed by atoms with E-state index in [2.05, 4.69) is 22.8 Å². The van der Waals surface area contributed by atoms with E-state index < -0.39 is 0 Å². The van der Waals surface area contributed by atoms with Gasteiger partial charge >= 0.3 is 0 Å². The fourth-order valence-electron chi connectivity index (χ4n) is 3.27. The van der Waals surface area contributed by atoms with Gasteiger partial charge in [-0.3, -0.25) is 9.59 Å². The zero-order chi connectivity index (χ0) is 20.9. The summed E-state index contributed by atoms with van der Waals surface area (Å²) in [4.78, 5) is 24.6. The maximum atomic E-state index is 12.3. The van der Waals surface area contributed by atoms with Crippen LogP contribution in [-0.2, 0) is 4.79 Å². The van der Waals surface area contributed by atoms with E-state index in [1.54, 1.807) is 18.2 Å². The Morgan fingerprint density at radius 1 is 0.900 bits per heavy atom. The number of hydrogen-bond donors (Lipinski definition) is 2. The Morgan fingerprint density at radius 3 is 2.37 bits per heavy atom. The Bertz CT molecular complexity index is 1050. The van der Waals surface area contributed by atoms with Crippen molar-refractivity contribution in [2.75, 3.05) is 13.3 Å². The number of amides is 2. The fraction of sp³-hybridized carbons (Fsp3) is 0.167. The predicted octanol–water partition coefficient (Wildman–Crippen LogP) is 3.69. The Labute approximate surface area is 174 Å². The van der Waals surface area contributed by atoms with Crippen molar-refractivity contribution in [2.45, 2.75) is 13.0 Å². The molecule has 0 saturated carbocycles. The standard InChI is InChI=1S/C24H22N2O4/c1-16(17-7-9-19(10-8-17)18-5-3-2-4-6-18)26-23(27)14-25-24(28)20-11-12-21-22(13-20)30-15-29-21/h2-13,16H,14-15H2,1H3,(H,25,28)(H,26,27)/t16-/m0/s1. The number of nitrogens with one attached hydrogen (secondary N) is 2. The van der Waals surface area contributed by atoms with Crippen LogP contribution in [0.5, 0.6) is 11.5 Å². The lowest BCUT2D eigenvalue weighted by Crippen LogP contribution is -2.38. The first kappa shape index (κ1) is 19.5. The van der Waals surface area contributed by atoms with Gasteiger partial charge in [-0.05, 0) is 41.8 Å². The van der Waals surface area contributed by atoms with Crippen LogP contribution in [0.3, 0.4) is 0 Å². The van der Waals surface area contributed by atoms with E-state index in [4.69, 9.17) is 9.47 Å². The fourth-order valence-corrected chi connectivity index (χ4v) is 3.27. The van der Waals surface area contributed by atoms with Gasteiger partial charge < -0.3 is 20.1 Å². The summed E-state index contributed by atoms with van der Waals surface area (Å²) in [7, 11) is 0. The molecule has 0 aliphatic carbocycles. The van der Waals surface area contributed by atoms with Crippen LogP contribution < -0.4 is 20.1 Å². The number of hydrogen-bond acceptors (Lipinski definition) is 4. The average Bonchev–Trinajstić information content (AvgIpc) is 3.26. The number of carbonyl (C=O) groups excluding carboxylic acids is 2. The highest BCUT2D eigenvalue weighted by Gasteiger charge is 2.17. The van der Waals surface area contributed by atoms with Crippen molar-refractivity contribution >= 4 is 11.8 Å². The second-order valence-corrected chi connectivity index (χ2v) is 7.03. The maximum Gasteiger partial charge on any atom is 0.251 e. The smallest absolute Gasteiger partial charge is 0.251 e. The van der Waals surface area contributed by atoms with Crippen LogP contribution in [0.4, 0.5) is 0 Å². The zero-order valence-corrected chi connectivity index (χ0v) is 16.6. The summed E-state index contributed by atoms with van der Waals surface area (Å²) in [6.07, 6.45) is 0. The minimum atomic E-state index is -0.344. The normalized spacial score (nSPS) is 12.8. The summed E-state index contributed by atoms with van der Waals surface area (Å²) in [6.45, 7) is 1.95. The Kier molecular flexibility index (Phi) is 5.66. The first-order valence-electron chi connectivity index (χ1n) is 9.73. The van der Waals surface area contributed by atoms with E-state index in [0.29, 0.717) is 17.1 Å². The zero-order valence-electron chi connectivity index (χ0n) is 16.6. The molecule has 6 heteroatoms. The summed E-state index contributed by atoms with van der Waals surface area (Å²) < 4.78 is 10.5. The predicted molar refractivity (Wildman–Crippen MR) is 113 cm³/mol. The highest BCUT2D eigenvalue weighted by molar-refractivity contribution is 5.97. The molecule has 0 spiro atoms. The molecule has 0 saturated heterocycles. The van der Waals surface area contributed by atoms with Gasteiger partial charge in [-0.1, -0.05) is 54.6 Å². The van der Waals surface area contributed by atoms with Gasteiger partial charge in [0.2, 0.25) is 12.7 Å². The Morgan fingerprint density at radius 2 is 1.60 bits per heavy atom. The van der Waals surface area contributed by atoms with E-state index in [-0.39, 0.29) is 31.2 Å². The van der Waals surface area contributed by atoms with Gasteiger partial charge in [0.25, 0.3) is 5.91 Å². The summed E-state index contributed by atoms with van der Waals surface area (Å²) in [5.74, 6) is 0.531. The molecule has 3 aromatic carbocycles. The molecule has 2 amide bonds. The molecule has 4 rings (SSSR count). The highest BCUT2D eigenvalue weighted by Crippen LogP contribution is 2.32. The molecule has 2 N–H and O–H groups in total. The molecule has 0 radical (unpaired) electrons. The van der Waals surface area contributed by atoms with Crippen molar-refractivity contribution in [3.63, 3.8) is 0 Å². The van der Waals surface area contributed by atoms with Crippen molar-refractivity contribution in [3.05, 3.63) is 83.9 Å². The molecule has 30 heavy (non-hydrogen) atoms. The van der Waals surface area contributed by atoms with E-state index in [1.807, 2.05) is 49.4 Å².